The van der Waals surface area contributed by atoms with Crippen LogP contribution in [0, 0.1) is 0 Å². The molecule has 0 saturated heterocycles. The first-order chi connectivity index (χ1) is 7.88. The molecule has 1 aromatic rings. The van der Waals surface area contributed by atoms with Gasteiger partial charge in [-0.1, -0.05) is 39.1 Å². The van der Waals surface area contributed by atoms with E-state index in [1.54, 1.807) is 0 Å². The molecule has 0 radical (unpaired) electrons. The number of nitrogens with two attached hydrogens (primary N) is 1. The maximum Gasteiger partial charge on any atom is 0.243 e. The molecule has 0 bridgehead atoms. The van der Waals surface area contributed by atoms with Gasteiger partial charge in [0.15, 0.2) is 0 Å². The second kappa shape index (κ2) is 7.89. The van der Waals surface area contributed by atoms with Crippen LogP contribution in [0.3, 0.4) is 0 Å². The lowest BCUT2D eigenvalue weighted by Gasteiger charge is -2.10. The van der Waals surface area contributed by atoms with Crippen molar-refractivity contribution in [3.63, 3.8) is 0 Å². The van der Waals surface area contributed by atoms with E-state index in [0.717, 1.165) is 0 Å². The second-order valence-corrected chi connectivity index (χ2v) is 6.67. The van der Waals surface area contributed by atoms with Crippen LogP contribution in [0.25, 0.3) is 0 Å². The van der Waals surface area contributed by atoms with Gasteiger partial charge in [-0.15, -0.1) is 12.4 Å². The van der Waals surface area contributed by atoms with E-state index in [0.29, 0.717) is 17.4 Å². The molecule has 0 aliphatic carbocycles. The van der Waals surface area contributed by atoms with Crippen LogP contribution in [-0.2, 0) is 10.0 Å². The van der Waals surface area contributed by atoms with Gasteiger partial charge in [0.1, 0.15) is 4.90 Å². The zero-order chi connectivity index (χ0) is 13.1. The van der Waals surface area contributed by atoms with E-state index in [1.807, 2.05) is 0 Å². The molecule has 18 heavy (non-hydrogen) atoms. The first kappa shape index (κ1) is 18.4. The highest BCUT2D eigenvalue weighted by atomic mass is 79.9. The van der Waals surface area contributed by atoms with E-state index in [-0.39, 0.29) is 33.9 Å². The predicted octanol–water partition coefficient (Wildman–Crippen LogP) is 2.80. The van der Waals surface area contributed by atoms with Crippen LogP contribution in [0.15, 0.2) is 21.5 Å². The lowest BCUT2D eigenvalue weighted by atomic mass is 10.4. The van der Waals surface area contributed by atoms with Crippen LogP contribution < -0.4 is 10.5 Å². The largest absolute Gasteiger partial charge is 0.330 e. The maximum absolute atomic E-state index is 11.9. The van der Waals surface area contributed by atoms with E-state index in [4.69, 9.17) is 28.9 Å². The van der Waals surface area contributed by atoms with Gasteiger partial charge in [0.2, 0.25) is 10.0 Å². The third-order valence-corrected chi connectivity index (χ3v) is 4.74. The van der Waals surface area contributed by atoms with Crippen molar-refractivity contribution in [2.75, 3.05) is 13.1 Å². The molecule has 0 amide bonds. The molecule has 4 nitrogen and oxygen atoms in total. The van der Waals surface area contributed by atoms with Crippen molar-refractivity contribution in [2.45, 2.75) is 11.3 Å². The van der Waals surface area contributed by atoms with E-state index in [2.05, 4.69) is 20.7 Å². The summed E-state index contributed by atoms with van der Waals surface area (Å²) in [5.74, 6) is 0. The standard InChI is InChI=1S/C9H11BrCl2N2O2S.ClH/c10-6-4-7(11)9(8(12)5-6)17(15,16)14-3-1-2-13;/h4-5,14H,1-3,13H2;1H. The molecule has 0 aliphatic heterocycles. The van der Waals surface area contributed by atoms with E-state index < -0.39 is 10.0 Å². The molecule has 0 unspecified atom stereocenters. The highest BCUT2D eigenvalue weighted by molar-refractivity contribution is 9.10. The third kappa shape index (κ3) is 4.85. The predicted molar refractivity (Wildman–Crippen MR) is 80.3 cm³/mol. The molecule has 3 N–H and O–H groups in total. The summed E-state index contributed by atoms with van der Waals surface area (Å²) in [6, 6.07) is 2.95. The van der Waals surface area contributed by atoms with Crippen molar-refractivity contribution < 1.29 is 8.42 Å². The average molecular weight is 399 g/mol. The summed E-state index contributed by atoms with van der Waals surface area (Å²) in [5.41, 5.74) is 5.28. The molecule has 9 heteroatoms. The highest BCUT2D eigenvalue weighted by Crippen LogP contribution is 2.32. The summed E-state index contributed by atoms with van der Waals surface area (Å²) in [7, 11) is -3.70. The van der Waals surface area contributed by atoms with Gasteiger partial charge < -0.3 is 5.73 Å². The topological polar surface area (TPSA) is 72.2 Å². The van der Waals surface area contributed by atoms with Gasteiger partial charge >= 0.3 is 0 Å². The van der Waals surface area contributed by atoms with Gasteiger partial charge in [-0.3, -0.25) is 0 Å². The lowest BCUT2D eigenvalue weighted by molar-refractivity contribution is 0.579. The van der Waals surface area contributed by atoms with Crippen molar-refractivity contribution in [3.8, 4) is 0 Å². The summed E-state index contributed by atoms with van der Waals surface area (Å²) >= 11 is 14.9. The molecule has 0 fully saturated rings. The number of benzene rings is 1. The van der Waals surface area contributed by atoms with Crippen LogP contribution in [0.4, 0.5) is 0 Å². The molecular formula is C9H12BrCl3N2O2S. The molecular weight excluding hydrogens is 386 g/mol. The average Bonchev–Trinajstić information content (AvgIpc) is 2.15. The van der Waals surface area contributed by atoms with Crippen molar-refractivity contribution >= 4 is 61.6 Å². The van der Waals surface area contributed by atoms with Crippen molar-refractivity contribution in [1.29, 1.82) is 0 Å². The molecule has 1 rings (SSSR count). The number of nitrogens with one attached hydrogen (secondary N) is 1. The number of rotatable bonds is 5. The summed E-state index contributed by atoms with van der Waals surface area (Å²) in [6.45, 7) is 0.659. The molecule has 1 aromatic carbocycles. The van der Waals surface area contributed by atoms with Crippen molar-refractivity contribution in [1.82, 2.24) is 4.72 Å². The number of hydrogen-bond donors (Lipinski definition) is 2. The SMILES string of the molecule is Cl.NCCCNS(=O)(=O)c1c(Cl)cc(Br)cc1Cl. The Morgan fingerprint density at radius 2 is 1.78 bits per heavy atom. The van der Waals surface area contributed by atoms with E-state index in [1.165, 1.54) is 12.1 Å². The molecule has 0 aromatic heterocycles. The summed E-state index contributed by atoms with van der Waals surface area (Å²) in [5, 5.41) is 0.147. The van der Waals surface area contributed by atoms with Crippen molar-refractivity contribution in [3.05, 3.63) is 26.7 Å². The second-order valence-electron chi connectivity index (χ2n) is 3.24. The number of hydrogen-bond acceptors (Lipinski definition) is 3. The van der Waals surface area contributed by atoms with Crippen LogP contribution in [0.5, 0.6) is 0 Å². The highest BCUT2D eigenvalue weighted by Gasteiger charge is 2.21. The molecule has 104 valence electrons. The van der Waals surface area contributed by atoms with Gasteiger partial charge in [-0.05, 0) is 25.1 Å². The Labute approximate surface area is 131 Å². The summed E-state index contributed by atoms with van der Waals surface area (Å²) < 4.78 is 26.9. The minimum absolute atomic E-state index is 0. The first-order valence-corrected chi connectivity index (χ1v) is 7.76. The molecule has 0 atom stereocenters. The Kier molecular flexibility index (Phi) is 8.08. The fourth-order valence-electron chi connectivity index (χ4n) is 1.17. The Hall–Kier alpha value is 0.440. The fourth-order valence-corrected chi connectivity index (χ4v) is 4.17. The number of halogens is 4. The lowest BCUT2D eigenvalue weighted by Crippen LogP contribution is -2.26. The summed E-state index contributed by atoms with van der Waals surface area (Å²) in [4.78, 5) is -0.110. The Bertz CT molecular complexity index is 488. The Morgan fingerprint density at radius 3 is 2.22 bits per heavy atom. The normalized spacial score (nSPS) is 11.1. The van der Waals surface area contributed by atoms with E-state index in [9.17, 15) is 8.42 Å². The van der Waals surface area contributed by atoms with Gasteiger partial charge in [0, 0.05) is 11.0 Å². The van der Waals surface area contributed by atoms with Crippen molar-refractivity contribution in [2.24, 2.45) is 5.73 Å². The van der Waals surface area contributed by atoms with Gasteiger partial charge in [-0.25, -0.2) is 13.1 Å². The Balaban J connectivity index is 0.00000289. The van der Waals surface area contributed by atoms with Crippen LogP contribution in [0.2, 0.25) is 10.0 Å². The smallest absolute Gasteiger partial charge is 0.243 e. The first-order valence-electron chi connectivity index (χ1n) is 4.73. The quantitative estimate of drug-likeness (QED) is 0.749. The maximum atomic E-state index is 11.9. The minimum atomic E-state index is -3.70. The molecule has 0 heterocycles. The zero-order valence-corrected chi connectivity index (χ0v) is 13.9. The monoisotopic (exact) mass is 396 g/mol. The zero-order valence-electron chi connectivity index (χ0n) is 9.12. The van der Waals surface area contributed by atoms with Crippen LogP contribution >= 0.6 is 51.5 Å². The van der Waals surface area contributed by atoms with E-state index >= 15 is 0 Å². The summed E-state index contributed by atoms with van der Waals surface area (Å²) in [6.07, 6.45) is 0.547. The minimum Gasteiger partial charge on any atom is -0.330 e. The van der Waals surface area contributed by atoms with Gasteiger partial charge in [-0.2, -0.15) is 0 Å². The Morgan fingerprint density at radius 1 is 1.28 bits per heavy atom. The fraction of sp³-hybridized carbons (Fsp3) is 0.333. The molecule has 0 spiro atoms. The van der Waals surface area contributed by atoms with Crippen LogP contribution in [0.1, 0.15) is 6.42 Å². The third-order valence-electron chi connectivity index (χ3n) is 1.90. The number of sulfonamides is 1. The molecule has 0 saturated carbocycles. The molecule has 0 aliphatic rings. The van der Waals surface area contributed by atoms with Gasteiger partial charge in [0.05, 0.1) is 10.0 Å². The van der Waals surface area contributed by atoms with Gasteiger partial charge in [0.25, 0.3) is 0 Å². The van der Waals surface area contributed by atoms with Crippen LogP contribution in [-0.4, -0.2) is 21.5 Å².